The van der Waals surface area contributed by atoms with Crippen LogP contribution < -0.4 is 18.4 Å². The number of hydrogen-bond donors (Lipinski definition) is 2. The van der Waals surface area contributed by atoms with Crippen LogP contribution in [0.1, 0.15) is 70.4 Å². The number of hydrogen-bond acceptors (Lipinski definition) is 5. The first kappa shape index (κ1) is 32.1. The zero-order valence-electron chi connectivity index (χ0n) is 22.6. The molecule has 2 rings (SSSR count). The lowest BCUT2D eigenvalue weighted by Crippen LogP contribution is -2.25. The van der Waals surface area contributed by atoms with Crippen molar-refractivity contribution in [3.8, 4) is 11.5 Å². The number of benzene rings is 2. The van der Waals surface area contributed by atoms with E-state index in [2.05, 4.69) is 39.6 Å². The number of unbranched alkanes of at least 4 members (excludes halogenated alkanes) is 5. The molecular formula is C27H44N2O5S2. The molecule has 2 N–H and O–H groups in total. The van der Waals surface area contributed by atoms with Crippen molar-refractivity contribution in [2.45, 2.75) is 73.1 Å². The Morgan fingerprint density at radius 1 is 0.889 bits per heavy atom. The average Bonchev–Trinajstić information content (AvgIpc) is 2.85. The highest BCUT2D eigenvalue weighted by Gasteiger charge is 2.08. The van der Waals surface area contributed by atoms with Gasteiger partial charge in [-0.15, -0.1) is 0 Å². The topological polar surface area (TPSA) is 85.9 Å². The van der Waals surface area contributed by atoms with E-state index < -0.39 is 22.5 Å². The van der Waals surface area contributed by atoms with Crippen LogP contribution in [-0.2, 0) is 26.7 Å². The summed E-state index contributed by atoms with van der Waals surface area (Å²) in [5.74, 6) is 1.83. The monoisotopic (exact) mass is 540 g/mol. The maximum atomic E-state index is 11.7. The largest absolute Gasteiger partial charge is 0.494 e. The molecule has 2 atom stereocenters. The molecule has 0 bridgehead atoms. The predicted octanol–water partition coefficient (Wildman–Crippen LogP) is 6.57. The van der Waals surface area contributed by atoms with E-state index in [1.165, 1.54) is 51.2 Å². The van der Waals surface area contributed by atoms with Gasteiger partial charge < -0.3 is 8.92 Å². The first-order chi connectivity index (χ1) is 17.2. The summed E-state index contributed by atoms with van der Waals surface area (Å²) in [6.07, 6.45) is 7.90. The number of rotatable bonds is 16. The minimum absolute atomic E-state index is 0.376. The fourth-order valence-electron chi connectivity index (χ4n) is 2.94. The molecule has 0 saturated heterocycles. The Balaban J connectivity index is 0.000000369. The minimum Gasteiger partial charge on any atom is -0.494 e. The summed E-state index contributed by atoms with van der Waals surface area (Å²) in [5, 5.41) is 0. The molecule has 2 aromatic carbocycles. The summed E-state index contributed by atoms with van der Waals surface area (Å²) >= 11 is -3.22. The number of ether oxygens (including phenoxy) is 1. The molecule has 0 aromatic heterocycles. The van der Waals surface area contributed by atoms with Crippen LogP contribution in [0.4, 0.5) is 5.69 Å². The standard InChI is InChI=1S/C15H24O.C12H20N2O4S2/c1-3-4-5-6-7-8-13-16-15-11-9-14(2)10-12-15;1-9(2)8-13-19(15)18-12-7-11(6-5-10(12)3)14-20(16)17-4/h9-12H,3-8,13H2,1-2H3;5-7,9,13-14H,8H2,1-4H3. The van der Waals surface area contributed by atoms with Crippen LogP contribution in [-0.4, -0.2) is 28.7 Å². The SMILES string of the molecule is CCCCCCCCOc1ccc(C)cc1.COS(=O)Nc1ccc(C)c(OS(=O)NCC(C)C)c1. The maximum Gasteiger partial charge on any atom is 0.288 e. The minimum atomic E-state index is -1.61. The van der Waals surface area contributed by atoms with Gasteiger partial charge in [-0.2, -0.15) is 4.21 Å². The molecule has 0 fully saturated rings. The van der Waals surface area contributed by atoms with Gasteiger partial charge in [0, 0.05) is 12.6 Å². The van der Waals surface area contributed by atoms with Crippen molar-refractivity contribution in [3.63, 3.8) is 0 Å². The second kappa shape index (κ2) is 19.2. The van der Waals surface area contributed by atoms with Gasteiger partial charge in [0.2, 0.25) is 0 Å². The third kappa shape index (κ3) is 15.2. The van der Waals surface area contributed by atoms with Crippen LogP contribution >= 0.6 is 0 Å². The van der Waals surface area contributed by atoms with Crippen LogP contribution in [0.5, 0.6) is 11.5 Å². The van der Waals surface area contributed by atoms with Gasteiger partial charge in [0.05, 0.1) is 19.4 Å². The normalized spacial score (nSPS) is 12.4. The van der Waals surface area contributed by atoms with Crippen molar-refractivity contribution in [3.05, 3.63) is 53.6 Å². The third-order valence-electron chi connectivity index (χ3n) is 5.10. The van der Waals surface area contributed by atoms with Crippen LogP contribution in [0.15, 0.2) is 42.5 Å². The molecule has 0 saturated carbocycles. The fraction of sp³-hybridized carbons (Fsp3) is 0.556. The molecule has 0 radical (unpaired) electrons. The second-order valence-corrected chi connectivity index (χ2v) is 10.9. The zero-order valence-corrected chi connectivity index (χ0v) is 24.3. The van der Waals surface area contributed by atoms with Gasteiger partial charge >= 0.3 is 0 Å². The van der Waals surface area contributed by atoms with Crippen molar-refractivity contribution in [2.75, 3.05) is 25.0 Å². The van der Waals surface area contributed by atoms with Gasteiger partial charge in [-0.1, -0.05) is 76.6 Å². The van der Waals surface area contributed by atoms with Gasteiger partial charge in [0.1, 0.15) is 11.5 Å². The molecule has 7 nitrogen and oxygen atoms in total. The Morgan fingerprint density at radius 3 is 2.19 bits per heavy atom. The first-order valence-electron chi connectivity index (χ1n) is 12.6. The molecule has 2 unspecified atom stereocenters. The van der Waals surface area contributed by atoms with Gasteiger partial charge in [-0.25, -0.2) is 8.93 Å². The summed E-state index contributed by atoms with van der Waals surface area (Å²) in [7, 11) is 1.33. The predicted molar refractivity (Wildman–Crippen MR) is 152 cm³/mol. The lowest BCUT2D eigenvalue weighted by Gasteiger charge is -2.11. The summed E-state index contributed by atoms with van der Waals surface area (Å²) in [6.45, 7) is 11.7. The maximum absolute atomic E-state index is 11.7. The van der Waals surface area contributed by atoms with Crippen LogP contribution in [0.2, 0.25) is 0 Å². The zero-order chi connectivity index (χ0) is 26.8. The summed E-state index contributed by atoms with van der Waals surface area (Å²) < 4.78 is 44.0. The Kier molecular flexibility index (Phi) is 17.1. The molecule has 204 valence electrons. The number of anilines is 1. The molecular weight excluding hydrogens is 496 g/mol. The van der Waals surface area contributed by atoms with Gasteiger partial charge in [0.15, 0.2) is 0 Å². The van der Waals surface area contributed by atoms with Crippen molar-refractivity contribution in [2.24, 2.45) is 5.92 Å². The highest BCUT2D eigenvalue weighted by Crippen LogP contribution is 2.23. The molecule has 0 amide bonds. The van der Waals surface area contributed by atoms with Crippen LogP contribution in [0, 0.1) is 19.8 Å². The van der Waals surface area contributed by atoms with E-state index in [9.17, 15) is 8.42 Å². The fourth-order valence-corrected chi connectivity index (χ4v) is 4.22. The van der Waals surface area contributed by atoms with E-state index in [1.807, 2.05) is 32.9 Å². The quantitative estimate of drug-likeness (QED) is 0.235. The molecule has 2 aromatic rings. The molecule has 0 aliphatic heterocycles. The Morgan fingerprint density at radius 2 is 1.56 bits per heavy atom. The molecule has 0 aliphatic rings. The summed E-state index contributed by atoms with van der Waals surface area (Å²) in [6, 6.07) is 13.4. The average molecular weight is 541 g/mol. The van der Waals surface area contributed by atoms with Crippen LogP contribution in [0.25, 0.3) is 0 Å². The van der Waals surface area contributed by atoms with Crippen LogP contribution in [0.3, 0.4) is 0 Å². The Labute approximate surface area is 223 Å². The molecule has 0 spiro atoms. The van der Waals surface area contributed by atoms with E-state index in [4.69, 9.17) is 8.92 Å². The highest BCUT2D eigenvalue weighted by molar-refractivity contribution is 7.81. The van der Waals surface area contributed by atoms with E-state index in [-0.39, 0.29) is 0 Å². The lowest BCUT2D eigenvalue weighted by atomic mass is 10.1. The third-order valence-corrected chi connectivity index (χ3v) is 6.54. The van der Waals surface area contributed by atoms with Gasteiger partial charge in [-0.05, 0) is 49.9 Å². The van der Waals surface area contributed by atoms with Crippen molar-refractivity contribution >= 4 is 28.2 Å². The second-order valence-electron chi connectivity index (χ2n) is 8.97. The van der Waals surface area contributed by atoms with Crippen molar-refractivity contribution in [1.82, 2.24) is 4.72 Å². The highest BCUT2D eigenvalue weighted by atomic mass is 32.2. The van der Waals surface area contributed by atoms with Gasteiger partial charge in [-0.3, -0.25) is 8.91 Å². The van der Waals surface area contributed by atoms with Crippen molar-refractivity contribution in [1.29, 1.82) is 0 Å². The Bertz CT molecular complexity index is 908. The van der Waals surface area contributed by atoms with E-state index in [0.717, 1.165) is 17.9 Å². The summed E-state index contributed by atoms with van der Waals surface area (Å²) in [5.41, 5.74) is 2.68. The molecule has 36 heavy (non-hydrogen) atoms. The first-order valence-corrected chi connectivity index (χ1v) is 14.8. The van der Waals surface area contributed by atoms with E-state index in [0.29, 0.717) is 23.9 Å². The molecule has 9 heteroatoms. The van der Waals surface area contributed by atoms with Gasteiger partial charge in [0.25, 0.3) is 22.5 Å². The van der Waals surface area contributed by atoms with Crippen molar-refractivity contribution < 1.29 is 21.5 Å². The van der Waals surface area contributed by atoms with E-state index in [1.54, 1.807) is 18.2 Å². The lowest BCUT2D eigenvalue weighted by molar-refractivity contribution is 0.304. The number of aryl methyl sites for hydroxylation is 2. The molecule has 0 aliphatic carbocycles. The summed E-state index contributed by atoms with van der Waals surface area (Å²) in [4.78, 5) is 0. The number of nitrogens with one attached hydrogen (secondary N) is 2. The smallest absolute Gasteiger partial charge is 0.288 e. The Hall–Kier alpha value is -1.94. The molecule has 0 heterocycles. The van der Waals surface area contributed by atoms with E-state index >= 15 is 0 Å².